The fourth-order valence-electron chi connectivity index (χ4n) is 1.69. The maximum absolute atomic E-state index is 5.58. The molecule has 6 heteroatoms. The zero-order valence-electron chi connectivity index (χ0n) is 10.4. The summed E-state index contributed by atoms with van der Waals surface area (Å²) < 4.78 is 1.76. The first-order valence-electron chi connectivity index (χ1n) is 5.58. The van der Waals surface area contributed by atoms with Crippen molar-refractivity contribution in [3.8, 4) is 0 Å². The molecule has 0 radical (unpaired) electrons. The van der Waals surface area contributed by atoms with Crippen molar-refractivity contribution >= 4 is 17.3 Å². The minimum Gasteiger partial charge on any atom is -0.382 e. The molecule has 3 N–H and O–H groups in total. The highest BCUT2D eigenvalue weighted by atomic mass is 15.3. The summed E-state index contributed by atoms with van der Waals surface area (Å²) in [4.78, 5) is 6.25. The number of nitrogens with one attached hydrogen (secondary N) is 1. The third-order valence-corrected chi connectivity index (χ3v) is 2.63. The lowest BCUT2D eigenvalue weighted by Crippen LogP contribution is -2.21. The van der Waals surface area contributed by atoms with Gasteiger partial charge in [0.05, 0.1) is 11.4 Å². The van der Waals surface area contributed by atoms with E-state index in [1.807, 2.05) is 19.1 Å². The van der Waals surface area contributed by atoms with E-state index in [0.29, 0.717) is 5.95 Å². The molecule has 2 rings (SSSR count). The molecule has 2 aromatic rings. The van der Waals surface area contributed by atoms with E-state index in [9.17, 15) is 0 Å². The zero-order valence-corrected chi connectivity index (χ0v) is 10.4. The number of nitrogen functional groups attached to an aromatic ring is 1. The quantitative estimate of drug-likeness (QED) is 0.810. The van der Waals surface area contributed by atoms with Crippen molar-refractivity contribution in [3.05, 3.63) is 17.8 Å². The molecule has 0 bridgehead atoms. The number of hydrogen-bond acceptors (Lipinski definition) is 5. The predicted molar refractivity (Wildman–Crippen MR) is 69.2 cm³/mol. The maximum atomic E-state index is 5.58. The topological polar surface area (TPSA) is 71.5 Å². The molecule has 2 heterocycles. The molecule has 0 atom stereocenters. The molecule has 0 aliphatic heterocycles. The van der Waals surface area contributed by atoms with Crippen molar-refractivity contribution in [1.29, 1.82) is 0 Å². The molecular weight excluding hydrogens is 216 g/mol. The Bertz CT molecular complexity index is 516. The number of aryl methyl sites for hydroxylation is 1. The van der Waals surface area contributed by atoms with Gasteiger partial charge in [0.2, 0.25) is 5.95 Å². The van der Waals surface area contributed by atoms with Crippen LogP contribution in [0.3, 0.4) is 0 Å². The van der Waals surface area contributed by atoms with Crippen LogP contribution in [-0.4, -0.2) is 46.7 Å². The van der Waals surface area contributed by atoms with Gasteiger partial charge >= 0.3 is 0 Å². The Labute approximate surface area is 100 Å². The predicted octanol–water partition coefficient (Wildman–Crippen LogP) is 0.593. The van der Waals surface area contributed by atoms with E-state index in [-0.39, 0.29) is 0 Å². The van der Waals surface area contributed by atoms with Gasteiger partial charge in [-0.3, -0.25) is 0 Å². The number of hydrogen-bond donors (Lipinski definition) is 2. The van der Waals surface area contributed by atoms with Crippen molar-refractivity contribution in [1.82, 2.24) is 19.5 Å². The third-order valence-electron chi connectivity index (χ3n) is 2.63. The van der Waals surface area contributed by atoms with Crippen molar-refractivity contribution in [3.63, 3.8) is 0 Å². The van der Waals surface area contributed by atoms with Crippen LogP contribution < -0.4 is 11.1 Å². The van der Waals surface area contributed by atoms with Crippen LogP contribution in [0.2, 0.25) is 0 Å². The Morgan fingerprint density at radius 3 is 2.88 bits per heavy atom. The second kappa shape index (κ2) is 4.58. The molecule has 17 heavy (non-hydrogen) atoms. The molecule has 0 amide bonds. The van der Waals surface area contributed by atoms with Gasteiger partial charge in [0.25, 0.3) is 0 Å². The molecule has 92 valence electrons. The van der Waals surface area contributed by atoms with Crippen LogP contribution in [0.4, 0.5) is 11.6 Å². The normalized spacial score (nSPS) is 11.3. The molecule has 0 saturated heterocycles. The minimum atomic E-state index is 0.304. The lowest BCUT2D eigenvalue weighted by molar-refractivity contribution is 0.425. The molecular formula is C11H18N6. The van der Waals surface area contributed by atoms with Gasteiger partial charge in [-0.25, -0.2) is 4.52 Å². The van der Waals surface area contributed by atoms with E-state index >= 15 is 0 Å². The van der Waals surface area contributed by atoms with Crippen molar-refractivity contribution in [2.75, 3.05) is 38.2 Å². The average Bonchev–Trinajstić information content (AvgIpc) is 2.63. The summed E-state index contributed by atoms with van der Waals surface area (Å²) in [7, 11) is 4.10. The van der Waals surface area contributed by atoms with E-state index in [2.05, 4.69) is 34.4 Å². The van der Waals surface area contributed by atoms with Gasteiger partial charge in [-0.2, -0.15) is 4.98 Å². The Hall–Kier alpha value is -1.82. The summed E-state index contributed by atoms with van der Waals surface area (Å²) >= 11 is 0. The average molecular weight is 234 g/mol. The van der Waals surface area contributed by atoms with E-state index in [0.717, 1.165) is 30.1 Å². The van der Waals surface area contributed by atoms with Crippen LogP contribution in [-0.2, 0) is 0 Å². The Morgan fingerprint density at radius 1 is 1.41 bits per heavy atom. The van der Waals surface area contributed by atoms with Crippen LogP contribution in [0.25, 0.3) is 5.65 Å². The second-order valence-corrected chi connectivity index (χ2v) is 4.30. The highest BCUT2D eigenvalue weighted by Gasteiger charge is 2.06. The van der Waals surface area contributed by atoms with Crippen LogP contribution in [0.15, 0.2) is 12.1 Å². The number of fused-ring (bicyclic) bond motifs is 1. The van der Waals surface area contributed by atoms with Gasteiger partial charge < -0.3 is 16.0 Å². The molecule has 2 aromatic heterocycles. The first-order chi connectivity index (χ1) is 8.08. The first-order valence-corrected chi connectivity index (χ1v) is 5.58. The monoisotopic (exact) mass is 234 g/mol. The zero-order chi connectivity index (χ0) is 12.4. The summed E-state index contributed by atoms with van der Waals surface area (Å²) in [6.45, 7) is 3.87. The summed E-state index contributed by atoms with van der Waals surface area (Å²) in [6, 6.07) is 3.92. The second-order valence-electron chi connectivity index (χ2n) is 4.30. The highest BCUT2D eigenvalue weighted by molar-refractivity contribution is 5.55. The molecule has 0 aliphatic rings. The minimum absolute atomic E-state index is 0.304. The van der Waals surface area contributed by atoms with Gasteiger partial charge in [-0.1, -0.05) is 0 Å². The van der Waals surface area contributed by atoms with Crippen molar-refractivity contribution in [2.45, 2.75) is 6.92 Å². The number of likely N-dealkylation sites (N-methyl/N-ethyl adjacent to an activating group) is 1. The van der Waals surface area contributed by atoms with E-state index in [1.165, 1.54) is 0 Å². The Balaban J connectivity index is 2.20. The number of anilines is 2. The molecule has 0 unspecified atom stereocenters. The Morgan fingerprint density at radius 2 is 2.18 bits per heavy atom. The van der Waals surface area contributed by atoms with Gasteiger partial charge in [0.15, 0.2) is 5.65 Å². The largest absolute Gasteiger partial charge is 0.382 e. The third kappa shape index (κ3) is 2.47. The Kier molecular flexibility index (Phi) is 3.14. The van der Waals surface area contributed by atoms with Gasteiger partial charge in [-0.15, -0.1) is 5.10 Å². The van der Waals surface area contributed by atoms with Crippen molar-refractivity contribution < 1.29 is 0 Å². The standard InChI is InChI=1S/C11H18N6/c1-8-9(13-6-7-16(2)3)4-5-10-14-11(12)15-17(8)10/h4-5,13H,6-7H2,1-3H3,(H2,12,15). The molecule has 0 aromatic carbocycles. The lowest BCUT2D eigenvalue weighted by Gasteiger charge is -2.13. The molecule has 0 spiro atoms. The van der Waals surface area contributed by atoms with Crippen LogP contribution >= 0.6 is 0 Å². The summed E-state index contributed by atoms with van der Waals surface area (Å²) in [5.41, 5.74) is 8.43. The number of nitrogens with two attached hydrogens (primary N) is 1. The van der Waals surface area contributed by atoms with Gasteiger partial charge in [0.1, 0.15) is 0 Å². The van der Waals surface area contributed by atoms with Crippen molar-refractivity contribution in [2.24, 2.45) is 0 Å². The van der Waals surface area contributed by atoms with Crippen LogP contribution in [0.5, 0.6) is 0 Å². The van der Waals surface area contributed by atoms with E-state index < -0.39 is 0 Å². The van der Waals surface area contributed by atoms with Crippen LogP contribution in [0, 0.1) is 6.92 Å². The number of aromatic nitrogens is 3. The number of rotatable bonds is 4. The summed E-state index contributed by atoms with van der Waals surface area (Å²) in [5, 5.41) is 7.52. The molecule has 0 fully saturated rings. The number of nitrogens with zero attached hydrogens (tertiary/aromatic N) is 4. The van der Waals surface area contributed by atoms with E-state index in [1.54, 1.807) is 4.52 Å². The molecule has 6 nitrogen and oxygen atoms in total. The lowest BCUT2D eigenvalue weighted by atomic mass is 10.3. The number of pyridine rings is 1. The fourth-order valence-corrected chi connectivity index (χ4v) is 1.69. The maximum Gasteiger partial charge on any atom is 0.240 e. The summed E-state index contributed by atoms with van der Waals surface area (Å²) in [6.07, 6.45) is 0. The van der Waals surface area contributed by atoms with Gasteiger partial charge in [0, 0.05) is 13.1 Å². The molecule has 0 saturated carbocycles. The van der Waals surface area contributed by atoms with E-state index in [4.69, 9.17) is 5.73 Å². The van der Waals surface area contributed by atoms with Gasteiger partial charge in [-0.05, 0) is 33.2 Å². The highest BCUT2D eigenvalue weighted by Crippen LogP contribution is 2.16. The molecule has 0 aliphatic carbocycles. The SMILES string of the molecule is Cc1c(NCCN(C)C)ccc2nc(N)nn12. The first kappa shape index (κ1) is 11.7. The fraction of sp³-hybridized carbons (Fsp3) is 0.455. The smallest absolute Gasteiger partial charge is 0.240 e. The summed E-state index contributed by atoms with van der Waals surface area (Å²) in [5.74, 6) is 0.304. The van der Waals surface area contributed by atoms with Crippen LogP contribution in [0.1, 0.15) is 5.69 Å².